The average Bonchev–Trinajstić information content (AvgIpc) is 2.87. The number of allylic oxidation sites excluding steroid dienone is 2. The second kappa shape index (κ2) is 8.32. The van der Waals surface area contributed by atoms with Crippen molar-refractivity contribution in [3.05, 3.63) is 30.1 Å². The van der Waals surface area contributed by atoms with E-state index in [0.717, 1.165) is 25.1 Å². The van der Waals surface area contributed by atoms with Crippen LogP contribution in [0.15, 0.2) is 24.4 Å². The van der Waals surface area contributed by atoms with Gasteiger partial charge in [-0.3, -0.25) is 4.68 Å². The summed E-state index contributed by atoms with van der Waals surface area (Å²) in [6, 6.07) is 1.97. The third-order valence-electron chi connectivity index (χ3n) is 4.02. The van der Waals surface area contributed by atoms with E-state index in [4.69, 9.17) is 4.74 Å². The zero-order valence-corrected chi connectivity index (χ0v) is 13.0. The lowest BCUT2D eigenvalue weighted by molar-refractivity contribution is 0.0127. The molecule has 0 aromatic carbocycles. The Morgan fingerprint density at radius 1 is 1.48 bits per heavy atom. The van der Waals surface area contributed by atoms with Crippen LogP contribution in [0.2, 0.25) is 0 Å². The van der Waals surface area contributed by atoms with Gasteiger partial charge < -0.3 is 15.2 Å². The molecule has 21 heavy (non-hydrogen) atoms. The SMILES string of the molecule is CC1CC=CCC1COCC(O)CNCc1ccn(C)n1. The zero-order chi connectivity index (χ0) is 15.1. The van der Waals surface area contributed by atoms with Gasteiger partial charge in [-0.15, -0.1) is 0 Å². The van der Waals surface area contributed by atoms with Crippen LogP contribution < -0.4 is 5.32 Å². The fourth-order valence-corrected chi connectivity index (χ4v) is 2.58. The second-order valence-corrected chi connectivity index (χ2v) is 5.98. The average molecular weight is 293 g/mol. The Morgan fingerprint density at radius 3 is 3.00 bits per heavy atom. The van der Waals surface area contributed by atoms with Crippen molar-refractivity contribution in [2.75, 3.05) is 19.8 Å². The summed E-state index contributed by atoms with van der Waals surface area (Å²) in [5, 5.41) is 17.4. The summed E-state index contributed by atoms with van der Waals surface area (Å²) in [4.78, 5) is 0. The molecule has 1 aromatic heterocycles. The molecule has 0 bridgehead atoms. The molecule has 5 heteroatoms. The molecule has 1 aliphatic carbocycles. The summed E-state index contributed by atoms with van der Waals surface area (Å²) in [5.41, 5.74) is 0.980. The molecule has 0 amide bonds. The van der Waals surface area contributed by atoms with Crippen LogP contribution in [-0.2, 0) is 18.3 Å². The summed E-state index contributed by atoms with van der Waals surface area (Å²) in [6.45, 7) is 4.59. The minimum absolute atomic E-state index is 0.391. The number of ether oxygens (including phenoxy) is 1. The summed E-state index contributed by atoms with van der Waals surface area (Å²) < 4.78 is 7.44. The highest BCUT2D eigenvalue weighted by Crippen LogP contribution is 2.24. The Balaban J connectivity index is 1.55. The van der Waals surface area contributed by atoms with E-state index >= 15 is 0 Å². The maximum atomic E-state index is 9.90. The molecule has 3 unspecified atom stereocenters. The van der Waals surface area contributed by atoms with Gasteiger partial charge in [-0.1, -0.05) is 19.1 Å². The van der Waals surface area contributed by atoms with Gasteiger partial charge in [-0.05, 0) is 30.7 Å². The van der Waals surface area contributed by atoms with Crippen LogP contribution in [0.4, 0.5) is 0 Å². The van der Waals surface area contributed by atoms with Gasteiger partial charge in [0.1, 0.15) is 0 Å². The van der Waals surface area contributed by atoms with Crippen molar-refractivity contribution in [1.82, 2.24) is 15.1 Å². The van der Waals surface area contributed by atoms with Crippen molar-refractivity contribution in [3.8, 4) is 0 Å². The Kier molecular flexibility index (Phi) is 6.42. The summed E-state index contributed by atoms with van der Waals surface area (Å²) in [6.07, 6.45) is 8.16. The van der Waals surface area contributed by atoms with Gasteiger partial charge in [0.25, 0.3) is 0 Å². The van der Waals surface area contributed by atoms with E-state index in [-0.39, 0.29) is 0 Å². The Morgan fingerprint density at radius 2 is 2.29 bits per heavy atom. The number of hydrogen-bond acceptors (Lipinski definition) is 4. The van der Waals surface area contributed by atoms with Crippen LogP contribution in [0.1, 0.15) is 25.5 Å². The van der Waals surface area contributed by atoms with E-state index < -0.39 is 6.10 Å². The maximum Gasteiger partial charge on any atom is 0.0897 e. The van der Waals surface area contributed by atoms with Crippen LogP contribution >= 0.6 is 0 Å². The number of aromatic nitrogens is 2. The molecule has 0 radical (unpaired) electrons. The highest BCUT2D eigenvalue weighted by Gasteiger charge is 2.18. The predicted octanol–water partition coefficient (Wildman–Crippen LogP) is 1.49. The molecule has 118 valence electrons. The number of aliphatic hydroxyl groups excluding tert-OH is 1. The molecule has 1 heterocycles. The Bertz CT molecular complexity index is 444. The molecular formula is C16H27N3O2. The smallest absolute Gasteiger partial charge is 0.0897 e. The second-order valence-electron chi connectivity index (χ2n) is 5.98. The third kappa shape index (κ3) is 5.61. The van der Waals surface area contributed by atoms with Crippen molar-refractivity contribution in [2.45, 2.75) is 32.4 Å². The fourth-order valence-electron chi connectivity index (χ4n) is 2.58. The standard InChI is InChI=1S/C16H27N3O2/c1-13-5-3-4-6-14(13)11-21-12-16(20)10-17-9-15-7-8-19(2)18-15/h3-4,7-8,13-14,16-17,20H,5-6,9-12H2,1-2H3. The summed E-state index contributed by atoms with van der Waals surface area (Å²) >= 11 is 0. The topological polar surface area (TPSA) is 59.3 Å². The van der Waals surface area contributed by atoms with Gasteiger partial charge in [-0.2, -0.15) is 5.10 Å². The number of rotatable bonds is 8. The van der Waals surface area contributed by atoms with E-state index in [1.807, 2.05) is 19.3 Å². The van der Waals surface area contributed by atoms with E-state index in [1.165, 1.54) is 0 Å². The molecule has 1 aromatic rings. The molecule has 2 N–H and O–H groups in total. The first-order chi connectivity index (χ1) is 10.1. The fraction of sp³-hybridized carbons (Fsp3) is 0.688. The van der Waals surface area contributed by atoms with E-state index in [9.17, 15) is 5.11 Å². The molecule has 0 fully saturated rings. The van der Waals surface area contributed by atoms with Crippen molar-refractivity contribution >= 4 is 0 Å². The third-order valence-corrected chi connectivity index (χ3v) is 4.02. The van der Waals surface area contributed by atoms with Crippen molar-refractivity contribution in [1.29, 1.82) is 0 Å². The number of nitrogens with one attached hydrogen (secondary N) is 1. The first-order valence-electron chi connectivity index (χ1n) is 7.75. The van der Waals surface area contributed by atoms with Crippen LogP contribution in [0.25, 0.3) is 0 Å². The molecule has 0 saturated carbocycles. The van der Waals surface area contributed by atoms with E-state index in [2.05, 4.69) is 29.5 Å². The van der Waals surface area contributed by atoms with Gasteiger partial charge >= 0.3 is 0 Å². The lowest BCUT2D eigenvalue weighted by Crippen LogP contribution is -2.31. The van der Waals surface area contributed by atoms with Gasteiger partial charge in [0.2, 0.25) is 0 Å². The van der Waals surface area contributed by atoms with Gasteiger partial charge in [0, 0.05) is 26.3 Å². The predicted molar refractivity (Wildman–Crippen MR) is 82.8 cm³/mol. The minimum Gasteiger partial charge on any atom is -0.389 e. The minimum atomic E-state index is -0.469. The summed E-state index contributed by atoms with van der Waals surface area (Å²) in [7, 11) is 1.90. The van der Waals surface area contributed by atoms with Gasteiger partial charge in [0.15, 0.2) is 0 Å². The van der Waals surface area contributed by atoms with Crippen molar-refractivity contribution < 1.29 is 9.84 Å². The monoisotopic (exact) mass is 293 g/mol. The number of aryl methyl sites for hydroxylation is 1. The zero-order valence-electron chi connectivity index (χ0n) is 13.0. The van der Waals surface area contributed by atoms with Crippen LogP contribution in [0.5, 0.6) is 0 Å². The van der Waals surface area contributed by atoms with Crippen LogP contribution in [0, 0.1) is 11.8 Å². The summed E-state index contributed by atoms with van der Waals surface area (Å²) in [5.74, 6) is 1.26. The lowest BCUT2D eigenvalue weighted by Gasteiger charge is -2.25. The highest BCUT2D eigenvalue weighted by molar-refractivity contribution is 4.97. The Hall–Kier alpha value is -1.17. The van der Waals surface area contributed by atoms with E-state index in [1.54, 1.807) is 4.68 Å². The van der Waals surface area contributed by atoms with Gasteiger partial charge in [0.05, 0.1) is 25.0 Å². The maximum absolute atomic E-state index is 9.90. The van der Waals surface area contributed by atoms with Crippen LogP contribution in [-0.4, -0.2) is 40.7 Å². The Labute approximate surface area is 127 Å². The first kappa shape index (κ1) is 16.2. The number of aliphatic hydroxyl groups is 1. The normalized spacial score (nSPS) is 23.4. The molecule has 0 aliphatic heterocycles. The quantitative estimate of drug-likeness (QED) is 0.713. The van der Waals surface area contributed by atoms with Crippen LogP contribution in [0.3, 0.4) is 0 Å². The molecule has 1 aliphatic rings. The number of hydrogen-bond donors (Lipinski definition) is 2. The van der Waals surface area contributed by atoms with E-state index in [0.29, 0.717) is 31.5 Å². The van der Waals surface area contributed by atoms with Crippen molar-refractivity contribution in [2.24, 2.45) is 18.9 Å². The molecular weight excluding hydrogens is 266 g/mol. The number of nitrogens with zero attached hydrogens (tertiary/aromatic N) is 2. The molecule has 0 spiro atoms. The molecule has 5 nitrogen and oxygen atoms in total. The van der Waals surface area contributed by atoms with Gasteiger partial charge in [-0.25, -0.2) is 0 Å². The first-order valence-corrected chi connectivity index (χ1v) is 7.75. The lowest BCUT2D eigenvalue weighted by atomic mass is 9.85. The molecule has 2 rings (SSSR count). The molecule has 0 saturated heterocycles. The molecule has 3 atom stereocenters. The largest absolute Gasteiger partial charge is 0.389 e. The van der Waals surface area contributed by atoms with Crippen molar-refractivity contribution in [3.63, 3.8) is 0 Å². The highest BCUT2D eigenvalue weighted by atomic mass is 16.5.